The van der Waals surface area contributed by atoms with Crippen LogP contribution in [0.25, 0.3) is 0 Å². The number of amides is 1. The number of aromatic nitrogens is 1. The molecule has 4 nitrogen and oxygen atoms in total. The molecule has 2 heterocycles. The van der Waals surface area contributed by atoms with Crippen LogP contribution in [-0.4, -0.2) is 30.0 Å². The molecule has 0 aliphatic carbocycles. The Hall–Kier alpha value is -0.940. The van der Waals surface area contributed by atoms with Gasteiger partial charge in [-0.2, -0.15) is 0 Å². The molecule has 1 aromatic rings. The van der Waals surface area contributed by atoms with Gasteiger partial charge in [0.15, 0.2) is 0 Å². The fourth-order valence-corrected chi connectivity index (χ4v) is 2.30. The predicted octanol–water partition coefficient (Wildman–Crippen LogP) is 0.933. The van der Waals surface area contributed by atoms with Gasteiger partial charge in [0.2, 0.25) is 0 Å². The lowest BCUT2D eigenvalue weighted by Crippen LogP contribution is -2.45. The van der Waals surface area contributed by atoms with Crippen molar-refractivity contribution in [2.24, 2.45) is 0 Å². The summed E-state index contributed by atoms with van der Waals surface area (Å²) in [5.41, 5.74) is 0.545. The van der Waals surface area contributed by atoms with E-state index in [9.17, 15) is 4.79 Å². The van der Waals surface area contributed by atoms with E-state index in [1.54, 1.807) is 5.38 Å². The van der Waals surface area contributed by atoms with E-state index in [-0.39, 0.29) is 11.9 Å². The van der Waals surface area contributed by atoms with Crippen LogP contribution < -0.4 is 10.6 Å². The quantitative estimate of drug-likeness (QED) is 0.787. The Morgan fingerprint density at radius 1 is 1.73 bits per heavy atom. The zero-order chi connectivity index (χ0) is 10.7. The zero-order valence-electron chi connectivity index (χ0n) is 8.75. The van der Waals surface area contributed by atoms with Gasteiger partial charge in [0.25, 0.3) is 5.91 Å². The summed E-state index contributed by atoms with van der Waals surface area (Å²) in [7, 11) is 0. The summed E-state index contributed by atoms with van der Waals surface area (Å²) in [6, 6.07) is 0.258. The highest BCUT2D eigenvalue weighted by atomic mass is 32.1. The maximum Gasteiger partial charge on any atom is 0.271 e. The lowest BCUT2D eigenvalue weighted by molar-refractivity contribution is 0.0926. The fourth-order valence-electron chi connectivity index (χ4n) is 1.70. The third-order valence-corrected chi connectivity index (χ3v) is 3.26. The standard InChI is InChI=1S/C10H15N3OS/c1-7-12-9(6-15-7)10(14)13-8-3-2-4-11-5-8/h6,8,11H,2-5H2,1H3,(H,13,14)/t8-/m1/s1. The van der Waals surface area contributed by atoms with Gasteiger partial charge < -0.3 is 10.6 Å². The van der Waals surface area contributed by atoms with E-state index in [0.717, 1.165) is 30.9 Å². The number of carbonyl (C=O) groups is 1. The molecule has 2 N–H and O–H groups in total. The van der Waals surface area contributed by atoms with E-state index in [2.05, 4.69) is 15.6 Å². The zero-order valence-corrected chi connectivity index (χ0v) is 9.56. The summed E-state index contributed by atoms with van der Waals surface area (Å²) in [4.78, 5) is 15.9. The lowest BCUT2D eigenvalue weighted by atomic mass is 10.1. The van der Waals surface area contributed by atoms with Crippen molar-refractivity contribution in [1.82, 2.24) is 15.6 Å². The summed E-state index contributed by atoms with van der Waals surface area (Å²) in [5.74, 6) is -0.0481. The molecule has 0 unspecified atom stereocenters. The lowest BCUT2D eigenvalue weighted by Gasteiger charge is -2.23. The summed E-state index contributed by atoms with van der Waals surface area (Å²) in [6.07, 6.45) is 2.18. The minimum absolute atomic E-state index is 0.0481. The molecule has 1 aromatic heterocycles. The summed E-state index contributed by atoms with van der Waals surface area (Å²) in [5, 5.41) is 8.99. The van der Waals surface area contributed by atoms with Crippen molar-refractivity contribution in [3.63, 3.8) is 0 Å². The number of rotatable bonds is 2. The van der Waals surface area contributed by atoms with Gasteiger partial charge in [-0.3, -0.25) is 4.79 Å². The first-order valence-corrected chi connectivity index (χ1v) is 6.07. The molecule has 1 saturated heterocycles. The second-order valence-electron chi connectivity index (χ2n) is 3.77. The van der Waals surface area contributed by atoms with Gasteiger partial charge in [-0.15, -0.1) is 11.3 Å². The number of nitrogens with one attached hydrogen (secondary N) is 2. The van der Waals surface area contributed by atoms with E-state index in [0.29, 0.717) is 5.69 Å². The maximum absolute atomic E-state index is 11.7. The molecule has 0 bridgehead atoms. The van der Waals surface area contributed by atoms with Crippen LogP contribution in [0.3, 0.4) is 0 Å². The highest BCUT2D eigenvalue weighted by Crippen LogP contribution is 2.09. The highest BCUT2D eigenvalue weighted by Gasteiger charge is 2.17. The second kappa shape index (κ2) is 4.72. The third-order valence-electron chi connectivity index (χ3n) is 2.48. The molecule has 1 aliphatic rings. The normalized spacial score (nSPS) is 21.3. The Labute approximate surface area is 93.1 Å². The molecule has 1 amide bonds. The molecule has 1 fully saturated rings. The molecular formula is C10H15N3OS. The Balaban J connectivity index is 1.91. The first-order chi connectivity index (χ1) is 7.25. The molecule has 0 aromatic carbocycles. The Morgan fingerprint density at radius 2 is 2.60 bits per heavy atom. The van der Waals surface area contributed by atoms with Gasteiger partial charge in [0, 0.05) is 18.0 Å². The van der Waals surface area contributed by atoms with Crippen molar-refractivity contribution >= 4 is 17.2 Å². The highest BCUT2D eigenvalue weighted by molar-refractivity contribution is 7.09. The number of piperidine rings is 1. The van der Waals surface area contributed by atoms with E-state index < -0.39 is 0 Å². The van der Waals surface area contributed by atoms with Gasteiger partial charge in [-0.25, -0.2) is 4.98 Å². The Bertz CT molecular complexity index is 344. The number of nitrogens with zero attached hydrogens (tertiary/aromatic N) is 1. The summed E-state index contributed by atoms with van der Waals surface area (Å²) >= 11 is 1.51. The van der Waals surface area contributed by atoms with Crippen molar-refractivity contribution in [3.8, 4) is 0 Å². The van der Waals surface area contributed by atoms with Crippen molar-refractivity contribution in [1.29, 1.82) is 0 Å². The molecule has 1 atom stereocenters. The number of aryl methyl sites for hydroxylation is 1. The number of hydrogen-bond acceptors (Lipinski definition) is 4. The first-order valence-electron chi connectivity index (χ1n) is 5.19. The molecule has 1 aliphatic heterocycles. The van der Waals surface area contributed by atoms with E-state index in [1.165, 1.54) is 11.3 Å². The first kappa shape index (κ1) is 10.6. The van der Waals surface area contributed by atoms with E-state index >= 15 is 0 Å². The Kier molecular flexibility index (Phi) is 3.33. The van der Waals surface area contributed by atoms with Gasteiger partial charge in [0.05, 0.1) is 5.01 Å². The Morgan fingerprint density at radius 3 is 3.20 bits per heavy atom. The average molecular weight is 225 g/mol. The maximum atomic E-state index is 11.7. The SMILES string of the molecule is Cc1nc(C(=O)N[C@@H]2CCCNC2)cs1. The monoisotopic (exact) mass is 225 g/mol. The van der Waals surface area contributed by atoms with Gasteiger partial charge in [0.1, 0.15) is 5.69 Å². The number of hydrogen-bond donors (Lipinski definition) is 2. The van der Waals surface area contributed by atoms with Gasteiger partial charge >= 0.3 is 0 Å². The number of thiazole rings is 1. The van der Waals surface area contributed by atoms with Crippen LogP contribution in [0.4, 0.5) is 0 Å². The van der Waals surface area contributed by atoms with Crippen LogP contribution in [0.5, 0.6) is 0 Å². The smallest absolute Gasteiger partial charge is 0.271 e. The third kappa shape index (κ3) is 2.76. The van der Waals surface area contributed by atoms with Crippen LogP contribution in [0.1, 0.15) is 28.3 Å². The topological polar surface area (TPSA) is 54.0 Å². The van der Waals surface area contributed by atoms with Crippen molar-refractivity contribution in [2.75, 3.05) is 13.1 Å². The number of carbonyl (C=O) groups excluding carboxylic acids is 1. The largest absolute Gasteiger partial charge is 0.347 e. The van der Waals surface area contributed by atoms with E-state index in [1.807, 2.05) is 6.92 Å². The summed E-state index contributed by atoms with van der Waals surface area (Å²) < 4.78 is 0. The van der Waals surface area contributed by atoms with Crippen LogP contribution in [-0.2, 0) is 0 Å². The van der Waals surface area contributed by atoms with Crippen LogP contribution in [0.2, 0.25) is 0 Å². The average Bonchev–Trinajstić information content (AvgIpc) is 2.66. The molecule has 82 valence electrons. The van der Waals surface area contributed by atoms with Crippen molar-refractivity contribution in [3.05, 3.63) is 16.1 Å². The van der Waals surface area contributed by atoms with E-state index in [4.69, 9.17) is 0 Å². The van der Waals surface area contributed by atoms with Crippen molar-refractivity contribution in [2.45, 2.75) is 25.8 Å². The predicted molar refractivity (Wildman–Crippen MR) is 60.2 cm³/mol. The second-order valence-corrected chi connectivity index (χ2v) is 4.83. The molecule has 0 saturated carbocycles. The van der Waals surface area contributed by atoms with Gasteiger partial charge in [-0.1, -0.05) is 0 Å². The molecule has 2 rings (SSSR count). The molecule has 5 heteroatoms. The minimum atomic E-state index is -0.0481. The molecule has 15 heavy (non-hydrogen) atoms. The summed E-state index contributed by atoms with van der Waals surface area (Å²) in [6.45, 7) is 3.83. The van der Waals surface area contributed by atoms with Crippen LogP contribution in [0, 0.1) is 6.92 Å². The van der Waals surface area contributed by atoms with Crippen LogP contribution >= 0.6 is 11.3 Å². The molecule has 0 spiro atoms. The minimum Gasteiger partial charge on any atom is -0.347 e. The van der Waals surface area contributed by atoms with Gasteiger partial charge in [-0.05, 0) is 26.3 Å². The molecular weight excluding hydrogens is 210 g/mol. The van der Waals surface area contributed by atoms with Crippen molar-refractivity contribution < 1.29 is 4.79 Å². The van der Waals surface area contributed by atoms with Crippen LogP contribution in [0.15, 0.2) is 5.38 Å². The fraction of sp³-hybridized carbons (Fsp3) is 0.600. The molecule has 0 radical (unpaired) electrons.